The Hall–Kier alpha value is -0.680. The molecule has 0 amide bonds. The molecular formula is C12H17ClN2OS. The highest BCUT2D eigenvalue weighted by atomic mass is 35.5. The van der Waals surface area contributed by atoms with E-state index in [0.717, 1.165) is 12.1 Å². The lowest BCUT2D eigenvalue weighted by Crippen LogP contribution is -2.38. The molecule has 3 nitrogen and oxygen atoms in total. The fourth-order valence-electron chi connectivity index (χ4n) is 1.82. The summed E-state index contributed by atoms with van der Waals surface area (Å²) >= 11 is 11.3. The van der Waals surface area contributed by atoms with Gasteiger partial charge in [-0.15, -0.1) is 0 Å². The highest BCUT2D eigenvalue weighted by molar-refractivity contribution is 7.80. The number of thiocarbonyl (C=S) groups is 1. The van der Waals surface area contributed by atoms with Crippen molar-refractivity contribution < 1.29 is 5.11 Å². The number of likely N-dealkylation sites (N-methyl/N-ethyl adjacent to an activating group) is 1. The molecule has 1 unspecified atom stereocenters. The molecule has 94 valence electrons. The molecular weight excluding hydrogens is 256 g/mol. The van der Waals surface area contributed by atoms with Crippen LogP contribution in [-0.4, -0.2) is 34.7 Å². The van der Waals surface area contributed by atoms with Gasteiger partial charge in [0.1, 0.15) is 0 Å². The third-order valence-electron chi connectivity index (χ3n) is 2.63. The van der Waals surface area contributed by atoms with E-state index in [9.17, 15) is 0 Å². The van der Waals surface area contributed by atoms with Crippen LogP contribution in [0.5, 0.6) is 0 Å². The van der Waals surface area contributed by atoms with Crippen molar-refractivity contribution in [3.8, 4) is 0 Å². The van der Waals surface area contributed by atoms with Crippen LogP contribution in [0.1, 0.15) is 18.5 Å². The quantitative estimate of drug-likeness (QED) is 0.778. The minimum absolute atomic E-state index is 0.0669. The first-order valence-electron chi connectivity index (χ1n) is 5.50. The lowest BCUT2D eigenvalue weighted by molar-refractivity contribution is 0.185. The molecule has 3 N–H and O–H groups in total. The summed E-state index contributed by atoms with van der Waals surface area (Å²) < 4.78 is 0. The van der Waals surface area contributed by atoms with Crippen molar-refractivity contribution in [1.29, 1.82) is 0 Å². The van der Waals surface area contributed by atoms with Gasteiger partial charge in [0, 0.05) is 11.6 Å². The number of aliphatic hydroxyl groups excluding tert-OH is 1. The summed E-state index contributed by atoms with van der Waals surface area (Å²) in [6.07, 6.45) is 0. The molecule has 0 fully saturated rings. The molecule has 0 aliphatic carbocycles. The Morgan fingerprint density at radius 1 is 1.53 bits per heavy atom. The zero-order valence-corrected chi connectivity index (χ0v) is 11.3. The van der Waals surface area contributed by atoms with Gasteiger partial charge >= 0.3 is 0 Å². The molecule has 0 aromatic heterocycles. The van der Waals surface area contributed by atoms with Gasteiger partial charge in [0.2, 0.25) is 0 Å². The van der Waals surface area contributed by atoms with E-state index in [4.69, 9.17) is 34.7 Å². The number of nitrogens with zero attached hydrogens (tertiary/aromatic N) is 1. The molecule has 0 bridgehead atoms. The first-order valence-corrected chi connectivity index (χ1v) is 6.29. The third kappa shape index (κ3) is 3.64. The van der Waals surface area contributed by atoms with Gasteiger partial charge in [0.15, 0.2) is 0 Å². The zero-order chi connectivity index (χ0) is 12.8. The first-order chi connectivity index (χ1) is 8.11. The molecule has 0 saturated carbocycles. The molecule has 17 heavy (non-hydrogen) atoms. The van der Waals surface area contributed by atoms with E-state index in [1.165, 1.54) is 0 Å². The van der Waals surface area contributed by atoms with E-state index < -0.39 is 0 Å². The third-order valence-corrected chi connectivity index (χ3v) is 3.20. The molecule has 5 heteroatoms. The normalized spacial score (nSPS) is 12.7. The molecule has 1 atom stereocenters. The minimum atomic E-state index is -0.226. The number of aliphatic hydroxyl groups is 1. The maximum absolute atomic E-state index is 9.06. The van der Waals surface area contributed by atoms with Gasteiger partial charge in [-0.3, -0.25) is 4.90 Å². The molecule has 0 spiro atoms. The van der Waals surface area contributed by atoms with Gasteiger partial charge in [-0.05, 0) is 18.2 Å². The van der Waals surface area contributed by atoms with Gasteiger partial charge in [-0.2, -0.15) is 0 Å². The summed E-state index contributed by atoms with van der Waals surface area (Å²) in [4.78, 5) is 2.37. The van der Waals surface area contributed by atoms with E-state index in [2.05, 4.69) is 0 Å². The number of hydrogen-bond donors (Lipinski definition) is 2. The lowest BCUT2D eigenvalue weighted by Gasteiger charge is -2.30. The molecule has 0 aliphatic heterocycles. The van der Waals surface area contributed by atoms with Crippen LogP contribution in [0.25, 0.3) is 0 Å². The number of rotatable bonds is 6. The van der Waals surface area contributed by atoms with Crippen LogP contribution >= 0.6 is 23.8 Å². The molecule has 1 aromatic carbocycles. The summed E-state index contributed by atoms with van der Waals surface area (Å²) in [5, 5.41) is 9.70. The number of hydrogen-bond acceptors (Lipinski definition) is 3. The smallest absolute Gasteiger partial charge is 0.0948 e. The van der Waals surface area contributed by atoms with Gasteiger partial charge in [0.05, 0.1) is 17.6 Å². The Labute approximate surface area is 112 Å². The molecule has 0 aliphatic rings. The summed E-state index contributed by atoms with van der Waals surface area (Å²) in [5.74, 6) is 0. The minimum Gasteiger partial charge on any atom is -0.395 e. The largest absolute Gasteiger partial charge is 0.395 e. The van der Waals surface area contributed by atoms with E-state index in [1.807, 2.05) is 36.1 Å². The van der Waals surface area contributed by atoms with Crippen molar-refractivity contribution in [2.24, 2.45) is 5.73 Å². The standard InChI is InChI=1S/C12H17ClN2OS/c1-2-15(7-8-16)11(12(14)17)9-5-3-4-6-10(9)13/h3-6,11,16H,2,7-8H2,1H3,(H2,14,17). The Morgan fingerprint density at radius 3 is 2.65 bits per heavy atom. The van der Waals surface area contributed by atoms with Crippen LogP contribution in [0.2, 0.25) is 5.02 Å². The van der Waals surface area contributed by atoms with Crippen molar-refractivity contribution in [3.05, 3.63) is 34.9 Å². The number of nitrogens with two attached hydrogens (primary N) is 1. The Morgan fingerprint density at radius 2 is 2.18 bits per heavy atom. The zero-order valence-electron chi connectivity index (χ0n) is 9.77. The summed E-state index contributed by atoms with van der Waals surface area (Å²) in [7, 11) is 0. The van der Waals surface area contributed by atoms with Crippen LogP contribution < -0.4 is 5.73 Å². The molecule has 1 rings (SSSR count). The van der Waals surface area contributed by atoms with Crippen LogP contribution in [0.3, 0.4) is 0 Å². The van der Waals surface area contributed by atoms with Crippen LogP contribution in [0.15, 0.2) is 24.3 Å². The average Bonchev–Trinajstić information content (AvgIpc) is 2.30. The Kier molecular flexibility index (Phi) is 5.85. The summed E-state index contributed by atoms with van der Waals surface area (Å²) in [6.45, 7) is 3.33. The van der Waals surface area contributed by atoms with Crippen LogP contribution in [-0.2, 0) is 0 Å². The average molecular weight is 273 g/mol. The fourth-order valence-corrected chi connectivity index (χ4v) is 2.34. The van der Waals surface area contributed by atoms with E-state index in [1.54, 1.807) is 0 Å². The van der Waals surface area contributed by atoms with Gasteiger partial charge in [-0.25, -0.2) is 0 Å². The lowest BCUT2D eigenvalue weighted by atomic mass is 10.1. The predicted octanol–water partition coefficient (Wildman–Crippen LogP) is 1.98. The Bertz CT molecular complexity index is 387. The summed E-state index contributed by atoms with van der Waals surface area (Å²) in [6, 6.07) is 7.27. The fraction of sp³-hybridized carbons (Fsp3) is 0.417. The van der Waals surface area contributed by atoms with Gasteiger partial charge in [-0.1, -0.05) is 48.9 Å². The second-order valence-corrected chi connectivity index (χ2v) is 4.56. The van der Waals surface area contributed by atoms with Crippen molar-refractivity contribution >= 4 is 28.8 Å². The van der Waals surface area contributed by atoms with E-state index >= 15 is 0 Å². The van der Waals surface area contributed by atoms with E-state index in [-0.39, 0.29) is 12.6 Å². The highest BCUT2D eigenvalue weighted by Gasteiger charge is 2.23. The van der Waals surface area contributed by atoms with Crippen LogP contribution in [0.4, 0.5) is 0 Å². The van der Waals surface area contributed by atoms with Crippen molar-refractivity contribution in [1.82, 2.24) is 4.90 Å². The van der Waals surface area contributed by atoms with Crippen molar-refractivity contribution in [2.75, 3.05) is 19.7 Å². The maximum atomic E-state index is 9.06. The van der Waals surface area contributed by atoms with Crippen LogP contribution in [0, 0.1) is 0 Å². The number of benzene rings is 1. The van der Waals surface area contributed by atoms with E-state index in [0.29, 0.717) is 16.6 Å². The highest BCUT2D eigenvalue weighted by Crippen LogP contribution is 2.27. The van der Waals surface area contributed by atoms with Gasteiger partial charge < -0.3 is 10.8 Å². The summed E-state index contributed by atoms with van der Waals surface area (Å²) in [5.41, 5.74) is 6.68. The Balaban J connectivity index is 3.08. The maximum Gasteiger partial charge on any atom is 0.0948 e. The first kappa shape index (κ1) is 14.4. The topological polar surface area (TPSA) is 49.5 Å². The molecule has 0 saturated heterocycles. The van der Waals surface area contributed by atoms with Crippen molar-refractivity contribution in [3.63, 3.8) is 0 Å². The SMILES string of the molecule is CCN(CCO)C(C(N)=S)c1ccccc1Cl. The van der Waals surface area contributed by atoms with Crippen molar-refractivity contribution in [2.45, 2.75) is 13.0 Å². The second-order valence-electron chi connectivity index (χ2n) is 3.68. The predicted molar refractivity (Wildman–Crippen MR) is 75.3 cm³/mol. The molecule has 0 radical (unpaired) electrons. The number of halogens is 1. The second kappa shape index (κ2) is 6.91. The van der Waals surface area contributed by atoms with Gasteiger partial charge in [0.25, 0.3) is 0 Å². The monoisotopic (exact) mass is 272 g/mol. The molecule has 0 heterocycles. The molecule has 1 aromatic rings.